The number of fused-ring (bicyclic) bond motifs is 14. The number of anilines is 3. The van der Waals surface area contributed by atoms with E-state index in [9.17, 15) is 10.5 Å². The Bertz CT molecular complexity index is 3160. The van der Waals surface area contributed by atoms with Gasteiger partial charge in [-0.15, -0.1) is 0 Å². The molecule has 12 rings (SSSR count). The van der Waals surface area contributed by atoms with Gasteiger partial charge in [-0.2, -0.15) is 10.5 Å². The molecule has 4 heterocycles. The molecule has 0 amide bonds. The third-order valence-electron chi connectivity index (χ3n) is 11.9. The third kappa shape index (κ3) is 4.12. The second-order valence-corrected chi connectivity index (χ2v) is 14.7. The second kappa shape index (κ2) is 11.5. The summed E-state index contributed by atoms with van der Waals surface area (Å²) in [7, 11) is 0. The lowest BCUT2D eigenvalue weighted by molar-refractivity contribution is 0.436. The SMILES string of the molecule is N#Cc1ccc2c(c1)Oc1ccccc1N2c1cccc2c1Oc1ccccc1C21c2cccnc2-c2ncc(C3c4ccccc4-c4cc(C#N)ccc43)cc21. The summed E-state index contributed by atoms with van der Waals surface area (Å²) in [5, 5.41) is 19.6. The molecular weight excluding hydrogens is 703 g/mol. The predicted molar refractivity (Wildman–Crippen MR) is 216 cm³/mol. The fraction of sp³-hybridized carbons (Fsp3) is 0.0400. The zero-order chi connectivity index (χ0) is 37.8. The summed E-state index contributed by atoms with van der Waals surface area (Å²) < 4.78 is 13.5. The van der Waals surface area contributed by atoms with Crippen LogP contribution < -0.4 is 14.4 Å². The van der Waals surface area contributed by atoms with E-state index in [-0.39, 0.29) is 5.92 Å². The van der Waals surface area contributed by atoms with Crippen LogP contribution in [0.2, 0.25) is 0 Å². The smallest absolute Gasteiger partial charge is 0.156 e. The average Bonchev–Trinajstić information content (AvgIpc) is 3.75. The van der Waals surface area contributed by atoms with Gasteiger partial charge in [-0.3, -0.25) is 14.9 Å². The van der Waals surface area contributed by atoms with Crippen LogP contribution in [0.1, 0.15) is 56.0 Å². The highest BCUT2D eigenvalue weighted by Gasteiger charge is 2.53. The van der Waals surface area contributed by atoms with Gasteiger partial charge in [0.05, 0.1) is 57.1 Å². The van der Waals surface area contributed by atoms with Crippen LogP contribution in [0.5, 0.6) is 23.0 Å². The van der Waals surface area contributed by atoms with Gasteiger partial charge in [-0.05, 0) is 94.0 Å². The number of benzene rings is 6. The minimum absolute atomic E-state index is 0.0870. The van der Waals surface area contributed by atoms with Crippen molar-refractivity contribution in [2.24, 2.45) is 0 Å². The van der Waals surface area contributed by atoms with Crippen LogP contribution in [0, 0.1) is 22.7 Å². The molecule has 2 aliphatic carbocycles. The molecule has 7 heteroatoms. The second-order valence-electron chi connectivity index (χ2n) is 14.7. The highest BCUT2D eigenvalue weighted by Crippen LogP contribution is 2.64. The molecule has 2 unspecified atom stereocenters. The van der Waals surface area contributed by atoms with Gasteiger partial charge in [0.2, 0.25) is 0 Å². The molecule has 0 bridgehead atoms. The van der Waals surface area contributed by atoms with Crippen molar-refractivity contribution in [3.63, 3.8) is 0 Å². The van der Waals surface area contributed by atoms with Gasteiger partial charge in [0.15, 0.2) is 17.2 Å². The first-order valence-electron chi connectivity index (χ1n) is 18.8. The predicted octanol–water partition coefficient (Wildman–Crippen LogP) is 11.4. The standard InChI is InChI=1S/C50H27N5O2/c51-26-29-18-20-34-35(23-29)32-9-1-2-10-33(32)46(34)31-25-39-48(54-28-31)47-37(13-8-22-53-47)50(39)36-11-3-5-16-43(36)57-49-38(50)12-7-15-42(49)55-40-14-4-6-17-44(40)56-45-24-30(27-52)19-21-41(45)55/h1-25,28,46H. The van der Waals surface area contributed by atoms with E-state index in [0.29, 0.717) is 28.4 Å². The quantitative estimate of drug-likeness (QED) is 0.175. The van der Waals surface area contributed by atoms with E-state index in [0.717, 1.165) is 78.7 Å². The van der Waals surface area contributed by atoms with Gasteiger partial charge in [0.25, 0.3) is 0 Å². The normalized spacial score (nSPS) is 16.9. The fourth-order valence-corrected chi connectivity index (χ4v) is 9.68. The average molecular weight is 730 g/mol. The van der Waals surface area contributed by atoms with Crippen LogP contribution in [0.15, 0.2) is 158 Å². The van der Waals surface area contributed by atoms with Gasteiger partial charge in [0.1, 0.15) is 5.75 Å². The Morgan fingerprint density at radius 2 is 1.23 bits per heavy atom. The molecule has 8 aromatic rings. The number of hydrogen-bond acceptors (Lipinski definition) is 7. The molecular formula is C50H27N5O2. The number of ether oxygens (including phenoxy) is 2. The minimum atomic E-state index is -0.840. The summed E-state index contributed by atoms with van der Waals surface area (Å²) in [4.78, 5) is 12.5. The third-order valence-corrected chi connectivity index (χ3v) is 11.9. The van der Waals surface area contributed by atoms with Crippen LogP contribution in [0.3, 0.4) is 0 Å². The summed E-state index contributed by atoms with van der Waals surface area (Å²) in [5.41, 5.74) is 14.1. The number of nitrogens with zero attached hydrogens (tertiary/aromatic N) is 5. The van der Waals surface area contributed by atoms with Crippen molar-refractivity contribution in [1.82, 2.24) is 9.97 Å². The monoisotopic (exact) mass is 729 g/mol. The number of nitriles is 2. The maximum absolute atomic E-state index is 9.82. The molecule has 2 aliphatic heterocycles. The van der Waals surface area contributed by atoms with Crippen LogP contribution in [-0.2, 0) is 5.41 Å². The summed E-state index contributed by atoms with van der Waals surface area (Å²) in [6.07, 6.45) is 3.85. The first-order valence-corrected chi connectivity index (χ1v) is 18.8. The zero-order valence-corrected chi connectivity index (χ0v) is 30.1. The van der Waals surface area contributed by atoms with Crippen molar-refractivity contribution in [3.05, 3.63) is 208 Å². The maximum Gasteiger partial charge on any atom is 0.156 e. The van der Waals surface area contributed by atoms with Gasteiger partial charge in [-0.1, -0.05) is 78.9 Å². The molecule has 1 spiro atoms. The Hall–Kier alpha value is -8.00. The van der Waals surface area contributed by atoms with Crippen molar-refractivity contribution in [3.8, 4) is 57.7 Å². The lowest BCUT2D eigenvalue weighted by Gasteiger charge is -2.41. The molecule has 0 saturated carbocycles. The summed E-state index contributed by atoms with van der Waals surface area (Å²) in [6.45, 7) is 0. The molecule has 0 radical (unpaired) electrons. The molecule has 2 atom stereocenters. The summed E-state index contributed by atoms with van der Waals surface area (Å²) in [5.74, 6) is 2.63. The highest BCUT2D eigenvalue weighted by atomic mass is 16.5. The van der Waals surface area contributed by atoms with Crippen molar-refractivity contribution >= 4 is 17.1 Å². The molecule has 0 fully saturated rings. The first-order chi connectivity index (χ1) is 28.2. The Morgan fingerprint density at radius 1 is 0.526 bits per heavy atom. The Morgan fingerprint density at radius 3 is 2.14 bits per heavy atom. The van der Waals surface area contributed by atoms with E-state index in [1.54, 1.807) is 6.07 Å². The van der Waals surface area contributed by atoms with Crippen molar-refractivity contribution < 1.29 is 9.47 Å². The zero-order valence-electron chi connectivity index (χ0n) is 30.1. The molecule has 0 N–H and O–H groups in total. The number of pyridine rings is 2. The number of para-hydroxylation sites is 4. The molecule has 264 valence electrons. The first kappa shape index (κ1) is 31.4. The van der Waals surface area contributed by atoms with Crippen molar-refractivity contribution in [1.29, 1.82) is 10.5 Å². The van der Waals surface area contributed by atoms with Crippen LogP contribution >= 0.6 is 0 Å². The van der Waals surface area contributed by atoms with E-state index in [4.69, 9.17) is 19.4 Å². The number of rotatable bonds is 2. The topological polar surface area (TPSA) is 95.1 Å². The van der Waals surface area contributed by atoms with Gasteiger partial charge >= 0.3 is 0 Å². The summed E-state index contributed by atoms with van der Waals surface area (Å²) in [6, 6.07) is 53.7. The molecule has 4 aliphatic rings. The van der Waals surface area contributed by atoms with E-state index >= 15 is 0 Å². The molecule has 0 saturated heterocycles. The Kier molecular flexibility index (Phi) is 6.33. The molecule has 7 nitrogen and oxygen atoms in total. The van der Waals surface area contributed by atoms with Crippen LogP contribution in [0.25, 0.3) is 22.5 Å². The summed E-state index contributed by atoms with van der Waals surface area (Å²) >= 11 is 0. The largest absolute Gasteiger partial charge is 0.454 e. The highest BCUT2D eigenvalue weighted by molar-refractivity contribution is 5.93. The Balaban J connectivity index is 1.14. The number of aromatic nitrogens is 2. The lowest BCUT2D eigenvalue weighted by Crippen LogP contribution is -2.33. The van der Waals surface area contributed by atoms with Gasteiger partial charge in [-0.25, -0.2) is 0 Å². The minimum Gasteiger partial charge on any atom is -0.454 e. The number of hydrogen-bond donors (Lipinski definition) is 0. The molecule has 57 heavy (non-hydrogen) atoms. The van der Waals surface area contributed by atoms with Crippen LogP contribution in [-0.4, -0.2) is 9.97 Å². The van der Waals surface area contributed by atoms with Crippen molar-refractivity contribution in [2.45, 2.75) is 11.3 Å². The lowest BCUT2D eigenvalue weighted by atomic mass is 9.66. The molecule has 2 aromatic heterocycles. The van der Waals surface area contributed by atoms with E-state index in [2.05, 4.69) is 89.8 Å². The van der Waals surface area contributed by atoms with Crippen LogP contribution in [0.4, 0.5) is 17.1 Å². The van der Waals surface area contributed by atoms with E-state index < -0.39 is 5.41 Å². The molecule has 6 aromatic carbocycles. The van der Waals surface area contributed by atoms with E-state index in [1.807, 2.05) is 79.1 Å². The Labute approximate surface area is 327 Å². The van der Waals surface area contributed by atoms with Gasteiger partial charge in [0, 0.05) is 41.1 Å². The van der Waals surface area contributed by atoms with Crippen molar-refractivity contribution in [2.75, 3.05) is 4.90 Å². The maximum atomic E-state index is 9.82. The van der Waals surface area contributed by atoms with E-state index in [1.165, 1.54) is 5.56 Å². The fourth-order valence-electron chi connectivity index (χ4n) is 9.68. The van der Waals surface area contributed by atoms with Gasteiger partial charge < -0.3 is 9.47 Å².